The maximum Gasteiger partial charge on any atom is 0.178 e. The largest absolute Gasteiger partial charge is 0.293 e. The van der Waals surface area contributed by atoms with Crippen LogP contribution in [-0.4, -0.2) is 25.7 Å². The highest BCUT2D eigenvalue weighted by Gasteiger charge is 2.22. The van der Waals surface area contributed by atoms with E-state index in [9.17, 15) is 13.2 Å². The second-order valence-corrected chi connectivity index (χ2v) is 8.39. The quantitative estimate of drug-likeness (QED) is 0.756. The summed E-state index contributed by atoms with van der Waals surface area (Å²) in [5, 5.41) is 0. The lowest BCUT2D eigenvalue weighted by Gasteiger charge is -2.08. The van der Waals surface area contributed by atoms with Gasteiger partial charge in [-0.15, -0.1) is 11.3 Å². The van der Waals surface area contributed by atoms with Crippen molar-refractivity contribution in [3.63, 3.8) is 0 Å². The van der Waals surface area contributed by atoms with E-state index in [1.165, 1.54) is 11.3 Å². The summed E-state index contributed by atoms with van der Waals surface area (Å²) >= 11 is 1.53. The highest BCUT2D eigenvalue weighted by molar-refractivity contribution is 7.92. The predicted octanol–water partition coefficient (Wildman–Crippen LogP) is 3.01. The van der Waals surface area contributed by atoms with Crippen molar-refractivity contribution in [3.8, 4) is 0 Å². The first-order valence-corrected chi connectivity index (χ1v) is 8.69. The molecule has 1 atom stereocenters. The second kappa shape index (κ2) is 5.97. The maximum atomic E-state index is 12.0. The van der Waals surface area contributed by atoms with E-state index in [1.54, 1.807) is 6.07 Å². The van der Waals surface area contributed by atoms with Gasteiger partial charge in [-0.05, 0) is 25.8 Å². The molecule has 0 radical (unpaired) electrons. The van der Waals surface area contributed by atoms with Crippen LogP contribution in [0.1, 0.15) is 40.4 Å². The Kier molecular flexibility index (Phi) is 5.10. The molecule has 1 unspecified atom stereocenters. The minimum absolute atomic E-state index is 0.0946. The normalized spacial score (nSPS) is 13.6. The van der Waals surface area contributed by atoms with Gasteiger partial charge in [-0.25, -0.2) is 8.42 Å². The molecule has 1 aromatic rings. The fourth-order valence-corrected chi connectivity index (χ4v) is 4.51. The van der Waals surface area contributed by atoms with Crippen molar-refractivity contribution in [1.82, 2.24) is 0 Å². The fourth-order valence-electron chi connectivity index (χ4n) is 1.80. The molecular weight excluding hydrogens is 268 g/mol. The average Bonchev–Trinajstić information content (AvgIpc) is 2.56. The topological polar surface area (TPSA) is 51.2 Å². The zero-order chi connectivity index (χ0) is 13.9. The van der Waals surface area contributed by atoms with Crippen molar-refractivity contribution in [2.45, 2.75) is 34.1 Å². The highest BCUT2D eigenvalue weighted by atomic mass is 32.2. The summed E-state index contributed by atoms with van der Waals surface area (Å²) < 4.78 is 23.8. The van der Waals surface area contributed by atoms with Crippen molar-refractivity contribution in [1.29, 1.82) is 0 Å². The molecule has 0 saturated heterocycles. The van der Waals surface area contributed by atoms with Gasteiger partial charge in [0, 0.05) is 15.3 Å². The molecule has 3 nitrogen and oxygen atoms in total. The van der Waals surface area contributed by atoms with Crippen LogP contribution in [0.25, 0.3) is 0 Å². The third-order valence-corrected chi connectivity index (χ3v) is 5.67. The number of rotatable bonds is 6. The molecule has 0 aliphatic rings. The van der Waals surface area contributed by atoms with Crippen molar-refractivity contribution in [2.24, 2.45) is 5.92 Å². The zero-order valence-electron chi connectivity index (χ0n) is 11.3. The van der Waals surface area contributed by atoms with Gasteiger partial charge in [-0.1, -0.05) is 20.3 Å². The number of hydrogen-bond acceptors (Lipinski definition) is 4. The lowest BCUT2D eigenvalue weighted by molar-refractivity contribution is 0.102. The molecule has 18 heavy (non-hydrogen) atoms. The number of sulfone groups is 1. The van der Waals surface area contributed by atoms with Crippen molar-refractivity contribution >= 4 is 27.0 Å². The molecule has 0 spiro atoms. The van der Waals surface area contributed by atoms with E-state index in [0.29, 0.717) is 5.56 Å². The minimum atomic E-state index is -3.29. The molecule has 0 amide bonds. The molecule has 0 bridgehead atoms. The summed E-state index contributed by atoms with van der Waals surface area (Å²) in [6.07, 6.45) is 0.810. The first-order valence-electron chi connectivity index (χ1n) is 6.05. The Bertz CT molecular complexity index is 526. The Morgan fingerprint density at radius 2 is 2.00 bits per heavy atom. The smallest absolute Gasteiger partial charge is 0.178 e. The van der Waals surface area contributed by atoms with Crippen LogP contribution in [0.5, 0.6) is 0 Å². The maximum absolute atomic E-state index is 12.0. The van der Waals surface area contributed by atoms with E-state index in [-0.39, 0.29) is 23.2 Å². The minimum Gasteiger partial charge on any atom is -0.293 e. The number of thiophene rings is 1. The van der Waals surface area contributed by atoms with Gasteiger partial charge in [0.15, 0.2) is 15.6 Å². The number of aryl methyl sites for hydroxylation is 2. The van der Waals surface area contributed by atoms with Crippen LogP contribution >= 0.6 is 11.3 Å². The lowest BCUT2D eigenvalue weighted by Crippen LogP contribution is -2.22. The van der Waals surface area contributed by atoms with Gasteiger partial charge in [0.25, 0.3) is 0 Å². The predicted molar refractivity (Wildman–Crippen MR) is 76.2 cm³/mol. The fraction of sp³-hybridized carbons (Fsp3) is 0.615. The third kappa shape index (κ3) is 4.21. The standard InChI is InChI=1S/C13H20O3S2/c1-5-9(2)7-18(15,16)8-13(14)12-6-10(3)17-11(12)4/h6,9H,5,7-8H2,1-4H3. The Morgan fingerprint density at radius 3 is 2.44 bits per heavy atom. The molecule has 1 aromatic heterocycles. The first-order chi connectivity index (χ1) is 8.25. The Hall–Kier alpha value is -0.680. The SMILES string of the molecule is CCC(C)CS(=O)(=O)CC(=O)c1cc(C)sc1C. The van der Waals surface area contributed by atoms with Crippen LogP contribution in [0.3, 0.4) is 0 Å². The number of ketones is 1. The van der Waals surface area contributed by atoms with Gasteiger partial charge in [0.2, 0.25) is 0 Å². The molecule has 1 heterocycles. The summed E-state index contributed by atoms with van der Waals surface area (Å²) in [6.45, 7) is 7.62. The summed E-state index contributed by atoms with van der Waals surface area (Å²) in [7, 11) is -3.29. The number of Topliss-reactive ketones (excluding diaryl/α,β-unsaturated/α-hetero) is 1. The van der Waals surface area contributed by atoms with Crippen molar-refractivity contribution in [3.05, 3.63) is 21.4 Å². The zero-order valence-corrected chi connectivity index (χ0v) is 13.0. The number of carbonyl (C=O) groups is 1. The van der Waals surface area contributed by atoms with Crippen molar-refractivity contribution in [2.75, 3.05) is 11.5 Å². The molecule has 0 N–H and O–H groups in total. The van der Waals surface area contributed by atoms with Gasteiger partial charge in [0.1, 0.15) is 5.75 Å². The Morgan fingerprint density at radius 1 is 1.39 bits per heavy atom. The molecule has 0 aromatic carbocycles. The van der Waals surface area contributed by atoms with Gasteiger partial charge in [-0.3, -0.25) is 4.79 Å². The monoisotopic (exact) mass is 288 g/mol. The molecule has 0 fully saturated rings. The second-order valence-electron chi connectivity index (χ2n) is 4.82. The molecule has 102 valence electrons. The Labute approximate surface area is 113 Å². The van der Waals surface area contributed by atoms with Gasteiger partial charge >= 0.3 is 0 Å². The molecule has 5 heteroatoms. The van der Waals surface area contributed by atoms with E-state index in [2.05, 4.69) is 0 Å². The van der Waals surface area contributed by atoms with Crippen LogP contribution in [0.4, 0.5) is 0 Å². The average molecular weight is 288 g/mol. The molecule has 0 saturated carbocycles. The van der Waals surface area contributed by atoms with E-state index in [4.69, 9.17) is 0 Å². The van der Waals surface area contributed by atoms with Crippen molar-refractivity contribution < 1.29 is 13.2 Å². The summed E-state index contributed by atoms with van der Waals surface area (Å²) in [5.74, 6) is -0.445. The van der Waals surface area contributed by atoms with Crippen LogP contribution in [-0.2, 0) is 9.84 Å². The summed E-state index contributed by atoms with van der Waals surface area (Å²) in [4.78, 5) is 13.9. The number of hydrogen-bond donors (Lipinski definition) is 0. The molecule has 1 rings (SSSR count). The summed E-state index contributed by atoms with van der Waals surface area (Å²) in [5.41, 5.74) is 0.560. The summed E-state index contributed by atoms with van der Waals surface area (Å²) in [6, 6.07) is 1.78. The Balaban J connectivity index is 2.79. The highest BCUT2D eigenvalue weighted by Crippen LogP contribution is 2.21. The molecule has 0 aliphatic carbocycles. The van der Waals surface area contributed by atoms with Crippen LogP contribution in [0.15, 0.2) is 6.07 Å². The van der Waals surface area contributed by atoms with Crippen LogP contribution in [0, 0.1) is 19.8 Å². The first kappa shape index (κ1) is 15.4. The van der Waals surface area contributed by atoms with Gasteiger partial charge in [0.05, 0.1) is 5.75 Å². The van der Waals surface area contributed by atoms with Gasteiger partial charge in [-0.2, -0.15) is 0 Å². The van der Waals surface area contributed by atoms with E-state index < -0.39 is 9.84 Å². The molecule has 0 aliphatic heterocycles. The van der Waals surface area contributed by atoms with Crippen LogP contribution in [0.2, 0.25) is 0 Å². The van der Waals surface area contributed by atoms with E-state index >= 15 is 0 Å². The van der Waals surface area contributed by atoms with E-state index in [1.807, 2.05) is 27.7 Å². The lowest BCUT2D eigenvalue weighted by atomic mass is 10.2. The van der Waals surface area contributed by atoms with Gasteiger partial charge < -0.3 is 0 Å². The third-order valence-electron chi connectivity index (χ3n) is 2.93. The van der Waals surface area contributed by atoms with Crippen LogP contribution < -0.4 is 0 Å². The molecular formula is C13H20O3S2. The number of carbonyl (C=O) groups excluding carboxylic acids is 1. The van der Waals surface area contributed by atoms with E-state index in [0.717, 1.165) is 16.2 Å².